The topological polar surface area (TPSA) is 84.9 Å². The summed E-state index contributed by atoms with van der Waals surface area (Å²) in [7, 11) is 0. The van der Waals surface area contributed by atoms with E-state index in [4.69, 9.17) is 10.8 Å². The summed E-state index contributed by atoms with van der Waals surface area (Å²) in [4.78, 5) is 14.2. The number of hydrogen-bond acceptors (Lipinski definition) is 3. The van der Waals surface area contributed by atoms with Crippen LogP contribution in [0.3, 0.4) is 0 Å². The van der Waals surface area contributed by atoms with E-state index in [1.54, 1.807) is 6.92 Å². The highest BCUT2D eigenvalue weighted by Crippen LogP contribution is 1.74. The molecule has 0 aromatic heterocycles. The first-order valence-corrected chi connectivity index (χ1v) is 2.37. The second-order valence-electron chi connectivity index (χ2n) is 1.20. The van der Waals surface area contributed by atoms with Crippen LogP contribution in [-0.2, 0) is 9.63 Å². The van der Waals surface area contributed by atoms with Crippen LogP contribution in [0.25, 0.3) is 0 Å². The van der Waals surface area contributed by atoms with Gasteiger partial charge in [0.15, 0.2) is 0 Å². The lowest BCUT2D eigenvalue weighted by Gasteiger charge is -1.91. The molecule has 5 nitrogen and oxygen atoms in total. The molecule has 52 valence electrons. The van der Waals surface area contributed by atoms with Crippen molar-refractivity contribution in [3.05, 3.63) is 0 Å². The standard InChI is InChI=1S/C4H8N2O3/c1-2-9-6-3(5)4(7)8/h2H2,1H3,(H2,5,6)(H,7,8). The summed E-state index contributed by atoms with van der Waals surface area (Å²) in [6.45, 7) is 1.99. The molecule has 9 heavy (non-hydrogen) atoms. The molecule has 5 heteroatoms. The lowest BCUT2D eigenvalue weighted by atomic mass is 10.6. The van der Waals surface area contributed by atoms with Crippen LogP contribution in [0, 0.1) is 0 Å². The van der Waals surface area contributed by atoms with Gasteiger partial charge in [-0.05, 0) is 6.92 Å². The number of oxime groups is 1. The highest BCUT2D eigenvalue weighted by Gasteiger charge is 2.01. The summed E-state index contributed by atoms with van der Waals surface area (Å²) in [6.07, 6.45) is 0. The molecule has 0 heterocycles. The van der Waals surface area contributed by atoms with E-state index in [1.807, 2.05) is 0 Å². The average molecular weight is 132 g/mol. The van der Waals surface area contributed by atoms with Crippen LogP contribution in [0.4, 0.5) is 0 Å². The molecule has 0 fully saturated rings. The van der Waals surface area contributed by atoms with Gasteiger partial charge in [0.2, 0.25) is 5.84 Å². The van der Waals surface area contributed by atoms with E-state index < -0.39 is 11.8 Å². The summed E-state index contributed by atoms with van der Waals surface area (Å²) in [5.41, 5.74) is 4.83. The van der Waals surface area contributed by atoms with Crippen LogP contribution < -0.4 is 5.73 Å². The van der Waals surface area contributed by atoms with Crippen molar-refractivity contribution in [3.8, 4) is 0 Å². The van der Waals surface area contributed by atoms with Gasteiger partial charge in [0.1, 0.15) is 6.61 Å². The third-order valence-electron chi connectivity index (χ3n) is 0.511. The number of carboxylic acid groups (broad SMARTS) is 1. The van der Waals surface area contributed by atoms with Gasteiger partial charge in [-0.3, -0.25) is 0 Å². The summed E-state index contributed by atoms with van der Waals surface area (Å²) < 4.78 is 0. The SMILES string of the molecule is CCON=C(N)C(=O)O. The first kappa shape index (κ1) is 7.74. The Balaban J connectivity index is 3.69. The summed E-state index contributed by atoms with van der Waals surface area (Å²) in [5, 5.41) is 11.1. The third kappa shape index (κ3) is 3.33. The molecule has 0 aromatic rings. The predicted octanol–water partition coefficient (Wildman–Crippen LogP) is -0.620. The maximum atomic E-state index is 9.87. The van der Waals surface area contributed by atoms with Crippen LogP contribution in [0.5, 0.6) is 0 Å². The molecule has 0 aromatic carbocycles. The van der Waals surface area contributed by atoms with Gasteiger partial charge in [-0.25, -0.2) is 4.79 Å². The van der Waals surface area contributed by atoms with Crippen LogP contribution in [0.15, 0.2) is 5.16 Å². The van der Waals surface area contributed by atoms with Crippen LogP contribution in [0.2, 0.25) is 0 Å². The molecule has 3 N–H and O–H groups in total. The Morgan fingerprint density at radius 1 is 1.89 bits per heavy atom. The molecule has 0 atom stereocenters. The summed E-state index contributed by atoms with van der Waals surface area (Å²) >= 11 is 0. The molecule has 0 aliphatic carbocycles. The Morgan fingerprint density at radius 2 is 2.44 bits per heavy atom. The Kier molecular flexibility index (Phi) is 3.19. The van der Waals surface area contributed by atoms with E-state index in [0.29, 0.717) is 6.61 Å². The molecule has 0 saturated heterocycles. The molecule has 0 rings (SSSR count). The number of aliphatic carboxylic acids is 1. The number of nitrogens with two attached hydrogens (primary N) is 1. The Morgan fingerprint density at radius 3 is 2.78 bits per heavy atom. The minimum Gasteiger partial charge on any atom is -0.475 e. The van der Waals surface area contributed by atoms with Gasteiger partial charge in [0.05, 0.1) is 0 Å². The summed E-state index contributed by atoms with van der Waals surface area (Å²) in [5.74, 6) is -1.81. The van der Waals surface area contributed by atoms with Gasteiger partial charge in [0.25, 0.3) is 0 Å². The van der Waals surface area contributed by atoms with Crippen molar-refractivity contribution < 1.29 is 14.7 Å². The van der Waals surface area contributed by atoms with E-state index in [2.05, 4.69) is 9.99 Å². The van der Waals surface area contributed by atoms with E-state index in [9.17, 15) is 4.79 Å². The van der Waals surface area contributed by atoms with Crippen LogP contribution in [0.1, 0.15) is 6.92 Å². The maximum Gasteiger partial charge on any atom is 0.374 e. The van der Waals surface area contributed by atoms with Gasteiger partial charge in [-0.2, -0.15) is 0 Å². The number of hydrogen-bond donors (Lipinski definition) is 2. The minimum atomic E-state index is -1.27. The monoisotopic (exact) mass is 132 g/mol. The largest absolute Gasteiger partial charge is 0.475 e. The molecule has 0 aliphatic rings. The summed E-state index contributed by atoms with van der Waals surface area (Å²) in [6, 6.07) is 0. The zero-order chi connectivity index (χ0) is 7.28. The van der Waals surface area contributed by atoms with Crippen molar-refractivity contribution in [2.45, 2.75) is 6.92 Å². The highest BCUT2D eigenvalue weighted by atomic mass is 16.6. The van der Waals surface area contributed by atoms with Crippen molar-refractivity contribution in [1.82, 2.24) is 0 Å². The van der Waals surface area contributed by atoms with E-state index in [1.165, 1.54) is 0 Å². The molecular formula is C4H8N2O3. The fourth-order valence-corrected chi connectivity index (χ4v) is 0.173. The number of rotatable bonds is 2. The fraction of sp³-hybridized carbons (Fsp3) is 0.500. The zero-order valence-electron chi connectivity index (χ0n) is 5.00. The molecule has 0 aliphatic heterocycles. The first-order chi connectivity index (χ1) is 4.18. The van der Waals surface area contributed by atoms with Gasteiger partial charge in [-0.15, -0.1) is 0 Å². The lowest BCUT2D eigenvalue weighted by molar-refractivity contribution is -0.129. The van der Waals surface area contributed by atoms with E-state index >= 15 is 0 Å². The van der Waals surface area contributed by atoms with Gasteiger partial charge in [-0.1, -0.05) is 5.16 Å². The average Bonchev–Trinajstić information content (AvgIpc) is 1.82. The lowest BCUT2D eigenvalue weighted by Crippen LogP contribution is -2.23. The second-order valence-corrected chi connectivity index (χ2v) is 1.20. The smallest absolute Gasteiger partial charge is 0.374 e. The van der Waals surface area contributed by atoms with E-state index in [-0.39, 0.29) is 0 Å². The van der Waals surface area contributed by atoms with Crippen molar-refractivity contribution in [2.75, 3.05) is 6.61 Å². The van der Waals surface area contributed by atoms with Gasteiger partial charge >= 0.3 is 5.97 Å². The molecule has 0 radical (unpaired) electrons. The number of amidine groups is 1. The fourth-order valence-electron chi connectivity index (χ4n) is 0.173. The Hall–Kier alpha value is -1.26. The zero-order valence-corrected chi connectivity index (χ0v) is 5.00. The predicted molar refractivity (Wildman–Crippen MR) is 30.9 cm³/mol. The van der Waals surface area contributed by atoms with Gasteiger partial charge in [0, 0.05) is 0 Å². The molecule has 0 unspecified atom stereocenters. The minimum absolute atomic E-state index is 0.313. The van der Waals surface area contributed by atoms with Crippen LogP contribution >= 0.6 is 0 Å². The third-order valence-corrected chi connectivity index (χ3v) is 0.511. The van der Waals surface area contributed by atoms with Crippen LogP contribution in [-0.4, -0.2) is 23.5 Å². The Bertz CT molecular complexity index is 132. The van der Waals surface area contributed by atoms with Crippen molar-refractivity contribution in [2.24, 2.45) is 10.9 Å². The quantitative estimate of drug-likeness (QED) is 0.298. The number of carboxylic acids is 1. The highest BCUT2D eigenvalue weighted by molar-refractivity contribution is 6.33. The van der Waals surface area contributed by atoms with Gasteiger partial charge < -0.3 is 15.7 Å². The molecule has 0 bridgehead atoms. The Labute approximate surface area is 52.1 Å². The van der Waals surface area contributed by atoms with Crippen molar-refractivity contribution in [1.29, 1.82) is 0 Å². The number of nitrogens with zero attached hydrogens (tertiary/aromatic N) is 1. The first-order valence-electron chi connectivity index (χ1n) is 2.37. The molecular weight excluding hydrogens is 124 g/mol. The molecule has 0 saturated carbocycles. The van der Waals surface area contributed by atoms with Crippen molar-refractivity contribution in [3.63, 3.8) is 0 Å². The normalized spacial score (nSPS) is 11.0. The molecule has 0 spiro atoms. The van der Waals surface area contributed by atoms with E-state index in [0.717, 1.165) is 0 Å². The molecule has 0 amide bonds. The maximum absolute atomic E-state index is 9.87. The number of carbonyl (C=O) groups is 1. The van der Waals surface area contributed by atoms with Crippen molar-refractivity contribution >= 4 is 11.8 Å². The second kappa shape index (κ2) is 3.71.